The number of nitrogens with zero attached hydrogens (tertiary/aromatic N) is 1. The normalized spacial score (nSPS) is 15.6. The SMILES string of the molecule is CCCOc1cc(OC)c2c(c1)C(=O)c1cccc(NOCCN3CCOCC3)c1-2. The van der Waals surface area contributed by atoms with Crippen molar-refractivity contribution in [3.05, 3.63) is 41.5 Å². The predicted octanol–water partition coefficient (Wildman–Crippen LogP) is 3.37. The first kappa shape index (κ1) is 20.7. The molecule has 160 valence electrons. The molecule has 0 bridgehead atoms. The summed E-state index contributed by atoms with van der Waals surface area (Å²) in [5.41, 5.74) is 6.62. The Kier molecular flexibility index (Phi) is 6.52. The van der Waals surface area contributed by atoms with Crippen LogP contribution < -0.4 is 15.0 Å². The van der Waals surface area contributed by atoms with Crippen LogP contribution in [-0.2, 0) is 9.57 Å². The molecular formula is C23H28N2O5. The standard InChI is InChI=1S/C23H28N2O5/c1-3-10-29-16-14-18-22(20(15-16)27-2)21-17(23(18)26)5-4-6-19(21)24-30-13-9-25-7-11-28-12-8-25/h4-6,14-15,24H,3,7-13H2,1-2H3. The molecule has 30 heavy (non-hydrogen) atoms. The molecular weight excluding hydrogens is 384 g/mol. The fourth-order valence-corrected chi connectivity index (χ4v) is 3.86. The largest absolute Gasteiger partial charge is 0.496 e. The number of ether oxygens (including phenoxy) is 3. The van der Waals surface area contributed by atoms with Crippen LogP contribution in [-0.4, -0.2) is 63.9 Å². The second-order valence-corrected chi connectivity index (χ2v) is 7.36. The Hall–Kier alpha value is -2.61. The maximum absolute atomic E-state index is 13.1. The van der Waals surface area contributed by atoms with E-state index in [1.54, 1.807) is 13.2 Å². The lowest BCUT2D eigenvalue weighted by atomic mass is 10.0. The van der Waals surface area contributed by atoms with Crippen molar-refractivity contribution >= 4 is 11.5 Å². The first-order valence-electron chi connectivity index (χ1n) is 10.4. The fourth-order valence-electron chi connectivity index (χ4n) is 3.86. The topological polar surface area (TPSA) is 69.3 Å². The average molecular weight is 412 g/mol. The van der Waals surface area contributed by atoms with E-state index >= 15 is 0 Å². The molecule has 0 amide bonds. The van der Waals surface area contributed by atoms with Gasteiger partial charge in [-0.25, -0.2) is 0 Å². The summed E-state index contributed by atoms with van der Waals surface area (Å²) in [6.07, 6.45) is 0.892. The van der Waals surface area contributed by atoms with Gasteiger partial charge in [-0.15, -0.1) is 0 Å². The molecule has 7 nitrogen and oxygen atoms in total. The van der Waals surface area contributed by atoms with Crippen molar-refractivity contribution in [1.29, 1.82) is 0 Å². The molecule has 0 atom stereocenters. The summed E-state index contributed by atoms with van der Waals surface area (Å²) in [7, 11) is 1.61. The molecule has 2 aliphatic rings. The molecule has 0 aromatic heterocycles. The van der Waals surface area contributed by atoms with E-state index in [1.165, 1.54) is 0 Å². The van der Waals surface area contributed by atoms with E-state index in [1.807, 2.05) is 31.2 Å². The van der Waals surface area contributed by atoms with Crippen LogP contribution in [0.5, 0.6) is 11.5 Å². The van der Waals surface area contributed by atoms with Gasteiger partial charge >= 0.3 is 0 Å². The van der Waals surface area contributed by atoms with E-state index in [0.29, 0.717) is 35.8 Å². The summed E-state index contributed by atoms with van der Waals surface area (Å²) in [5.74, 6) is 1.23. The van der Waals surface area contributed by atoms with Gasteiger partial charge in [0, 0.05) is 48.0 Å². The second kappa shape index (κ2) is 9.47. The highest BCUT2D eigenvalue weighted by Crippen LogP contribution is 2.48. The van der Waals surface area contributed by atoms with Crippen LogP contribution in [0, 0.1) is 0 Å². The summed E-state index contributed by atoms with van der Waals surface area (Å²) >= 11 is 0. The van der Waals surface area contributed by atoms with Gasteiger partial charge in [0.2, 0.25) is 0 Å². The van der Waals surface area contributed by atoms with E-state index in [0.717, 1.165) is 56.1 Å². The molecule has 0 saturated carbocycles. The molecule has 2 aromatic carbocycles. The number of carbonyl (C=O) groups excluding carboxylic acids is 1. The lowest BCUT2D eigenvalue weighted by molar-refractivity contribution is 0.0261. The van der Waals surface area contributed by atoms with Gasteiger partial charge in [-0.3, -0.25) is 20.0 Å². The van der Waals surface area contributed by atoms with E-state index in [9.17, 15) is 4.79 Å². The van der Waals surface area contributed by atoms with Crippen molar-refractivity contribution in [3.63, 3.8) is 0 Å². The Labute approximate surface area is 176 Å². The first-order valence-corrected chi connectivity index (χ1v) is 10.4. The third-order valence-electron chi connectivity index (χ3n) is 5.37. The molecule has 1 aliphatic carbocycles. The first-order chi connectivity index (χ1) is 14.7. The van der Waals surface area contributed by atoms with E-state index in [2.05, 4.69) is 10.4 Å². The van der Waals surface area contributed by atoms with Crippen molar-refractivity contribution in [2.24, 2.45) is 0 Å². The average Bonchev–Trinajstić information content (AvgIpc) is 3.08. The van der Waals surface area contributed by atoms with E-state index in [4.69, 9.17) is 19.0 Å². The third kappa shape index (κ3) is 4.14. The van der Waals surface area contributed by atoms with Gasteiger partial charge in [-0.1, -0.05) is 19.1 Å². The maximum atomic E-state index is 13.1. The zero-order valence-corrected chi connectivity index (χ0v) is 17.5. The quantitative estimate of drug-likeness (QED) is 0.427. The van der Waals surface area contributed by atoms with Gasteiger partial charge in [0.1, 0.15) is 11.5 Å². The lowest BCUT2D eigenvalue weighted by Crippen LogP contribution is -2.38. The summed E-state index contributed by atoms with van der Waals surface area (Å²) in [6, 6.07) is 9.25. The number of ketones is 1. The molecule has 1 saturated heterocycles. The van der Waals surface area contributed by atoms with Crippen LogP contribution in [0.2, 0.25) is 0 Å². The number of hydrogen-bond donors (Lipinski definition) is 1. The van der Waals surface area contributed by atoms with Gasteiger partial charge in [-0.05, 0) is 18.6 Å². The minimum absolute atomic E-state index is 0.0304. The van der Waals surface area contributed by atoms with Crippen molar-refractivity contribution in [2.75, 3.05) is 58.7 Å². The van der Waals surface area contributed by atoms with Gasteiger partial charge in [0.25, 0.3) is 0 Å². The number of morpholine rings is 1. The molecule has 0 unspecified atom stereocenters. The number of benzene rings is 2. The lowest BCUT2D eigenvalue weighted by Gasteiger charge is -2.26. The Balaban J connectivity index is 1.55. The number of hydrogen-bond acceptors (Lipinski definition) is 7. The molecule has 4 rings (SSSR count). The van der Waals surface area contributed by atoms with Gasteiger partial charge in [-0.2, -0.15) is 0 Å². The number of anilines is 1. The Bertz CT molecular complexity index is 909. The smallest absolute Gasteiger partial charge is 0.194 e. The fraction of sp³-hybridized carbons (Fsp3) is 0.435. The van der Waals surface area contributed by atoms with Gasteiger partial charge in [0.05, 0.1) is 39.2 Å². The highest BCUT2D eigenvalue weighted by molar-refractivity contribution is 6.24. The number of carbonyl (C=O) groups is 1. The van der Waals surface area contributed by atoms with E-state index in [-0.39, 0.29) is 5.78 Å². The van der Waals surface area contributed by atoms with Crippen molar-refractivity contribution in [3.8, 4) is 22.6 Å². The second-order valence-electron chi connectivity index (χ2n) is 7.36. The van der Waals surface area contributed by atoms with Crippen molar-refractivity contribution < 1.29 is 23.8 Å². The Morgan fingerprint density at radius 3 is 2.70 bits per heavy atom. The molecule has 1 fully saturated rings. The Morgan fingerprint density at radius 2 is 1.93 bits per heavy atom. The summed E-state index contributed by atoms with van der Waals surface area (Å²) in [5, 5.41) is 0. The van der Waals surface area contributed by atoms with E-state index < -0.39 is 0 Å². The maximum Gasteiger partial charge on any atom is 0.194 e. The van der Waals surface area contributed by atoms with Crippen molar-refractivity contribution in [2.45, 2.75) is 13.3 Å². The van der Waals surface area contributed by atoms with Crippen LogP contribution in [0.4, 0.5) is 5.69 Å². The number of rotatable bonds is 9. The summed E-state index contributed by atoms with van der Waals surface area (Å²) in [4.78, 5) is 21.1. The summed E-state index contributed by atoms with van der Waals surface area (Å²) in [6.45, 7) is 7.37. The minimum atomic E-state index is -0.0304. The molecule has 0 spiro atoms. The highest BCUT2D eigenvalue weighted by Gasteiger charge is 2.32. The summed E-state index contributed by atoms with van der Waals surface area (Å²) < 4.78 is 16.7. The molecule has 1 N–H and O–H groups in total. The monoisotopic (exact) mass is 412 g/mol. The number of fused-ring (bicyclic) bond motifs is 3. The van der Waals surface area contributed by atoms with Gasteiger partial charge < -0.3 is 14.2 Å². The van der Waals surface area contributed by atoms with Crippen LogP contribution in [0.25, 0.3) is 11.1 Å². The molecule has 1 heterocycles. The van der Waals surface area contributed by atoms with Crippen LogP contribution in [0.1, 0.15) is 29.3 Å². The number of nitrogens with one attached hydrogen (secondary N) is 1. The Morgan fingerprint density at radius 1 is 1.10 bits per heavy atom. The van der Waals surface area contributed by atoms with Crippen LogP contribution in [0.15, 0.2) is 30.3 Å². The zero-order chi connectivity index (χ0) is 20.9. The molecule has 7 heteroatoms. The number of methoxy groups -OCH3 is 1. The van der Waals surface area contributed by atoms with Crippen LogP contribution in [0.3, 0.4) is 0 Å². The molecule has 0 radical (unpaired) electrons. The molecule has 2 aromatic rings. The van der Waals surface area contributed by atoms with Crippen molar-refractivity contribution in [1.82, 2.24) is 4.90 Å². The zero-order valence-electron chi connectivity index (χ0n) is 17.5. The highest BCUT2D eigenvalue weighted by atomic mass is 16.6. The van der Waals surface area contributed by atoms with Crippen LogP contribution >= 0.6 is 0 Å². The molecule has 1 aliphatic heterocycles. The minimum Gasteiger partial charge on any atom is -0.496 e. The van der Waals surface area contributed by atoms with Gasteiger partial charge in [0.15, 0.2) is 5.78 Å². The third-order valence-corrected chi connectivity index (χ3v) is 5.37. The predicted molar refractivity (Wildman–Crippen MR) is 114 cm³/mol.